The number of carboxylic acids is 2. The summed E-state index contributed by atoms with van der Waals surface area (Å²) in [7, 11) is 0. The third kappa shape index (κ3) is 16.2. The summed E-state index contributed by atoms with van der Waals surface area (Å²) in [5.41, 5.74) is 0.210. The zero-order valence-corrected chi connectivity index (χ0v) is 22.2. The van der Waals surface area contributed by atoms with Gasteiger partial charge in [-0.15, -0.1) is 0 Å². The monoisotopic (exact) mass is 505 g/mol. The van der Waals surface area contributed by atoms with E-state index in [1.807, 2.05) is 0 Å². The van der Waals surface area contributed by atoms with Crippen LogP contribution < -0.4 is 4.74 Å². The third-order valence-electron chi connectivity index (χ3n) is 6.29. The Hall–Kier alpha value is -2.57. The Morgan fingerprint density at radius 3 is 1.58 bits per heavy atom. The minimum Gasteiger partial charge on any atom is -0.494 e. The van der Waals surface area contributed by atoms with Gasteiger partial charge < -0.3 is 19.8 Å². The molecule has 1 aromatic carbocycles. The smallest absolute Gasteiger partial charge is 0.323 e. The molecule has 36 heavy (non-hydrogen) atoms. The van der Waals surface area contributed by atoms with E-state index in [1.54, 1.807) is 12.1 Å². The van der Waals surface area contributed by atoms with Crippen LogP contribution in [0.2, 0.25) is 0 Å². The lowest BCUT2D eigenvalue weighted by molar-refractivity contribution is -0.140. The van der Waals surface area contributed by atoms with Crippen LogP contribution in [-0.4, -0.2) is 52.7 Å². The second kappa shape index (κ2) is 20.6. The fourth-order valence-corrected chi connectivity index (χ4v) is 4.27. The maximum absolute atomic E-state index is 12.5. The molecule has 0 radical (unpaired) electrons. The molecule has 204 valence electrons. The number of hydrogen-bond donors (Lipinski definition) is 2. The molecular weight excluding hydrogens is 458 g/mol. The lowest BCUT2D eigenvalue weighted by Gasteiger charge is -2.18. The van der Waals surface area contributed by atoms with Crippen LogP contribution in [0.5, 0.6) is 5.75 Å². The van der Waals surface area contributed by atoms with Crippen molar-refractivity contribution < 1.29 is 29.3 Å². The van der Waals surface area contributed by atoms with E-state index in [2.05, 4.69) is 6.92 Å². The van der Waals surface area contributed by atoms with Crippen LogP contribution in [0.15, 0.2) is 24.3 Å². The molecule has 0 aliphatic heterocycles. The van der Waals surface area contributed by atoms with Crippen molar-refractivity contribution in [1.29, 1.82) is 0 Å². The summed E-state index contributed by atoms with van der Waals surface area (Å²) in [4.78, 5) is 35.3. The van der Waals surface area contributed by atoms with Gasteiger partial charge in [-0.05, 0) is 24.6 Å². The summed E-state index contributed by atoms with van der Waals surface area (Å²) >= 11 is 0. The van der Waals surface area contributed by atoms with Crippen molar-refractivity contribution in [3.8, 4) is 5.75 Å². The van der Waals surface area contributed by atoms with Crippen molar-refractivity contribution in [2.75, 3.05) is 19.7 Å². The molecule has 7 nitrogen and oxygen atoms in total. The summed E-state index contributed by atoms with van der Waals surface area (Å²) in [6.07, 6.45) is 20.9. The summed E-state index contributed by atoms with van der Waals surface area (Å²) in [5.74, 6) is -2.65. The minimum atomic E-state index is -1.26. The number of rotatable bonds is 23. The fraction of sp³-hybridized carbons (Fsp3) is 0.690. The number of carboxylic acid groups (broad SMARTS) is 2. The van der Waals surface area contributed by atoms with E-state index in [-0.39, 0.29) is 5.56 Å². The Balaban J connectivity index is 2.10. The number of carbonyl (C=O) groups is 3. The first kappa shape index (κ1) is 31.5. The van der Waals surface area contributed by atoms with Gasteiger partial charge in [0.2, 0.25) is 0 Å². The van der Waals surface area contributed by atoms with Crippen LogP contribution in [0.3, 0.4) is 0 Å². The van der Waals surface area contributed by atoms with Crippen LogP contribution in [0, 0.1) is 0 Å². The Kier molecular flexibility index (Phi) is 18.0. The maximum Gasteiger partial charge on any atom is 0.323 e. The molecule has 0 saturated carbocycles. The van der Waals surface area contributed by atoms with Gasteiger partial charge >= 0.3 is 11.9 Å². The molecule has 0 aromatic heterocycles. The third-order valence-corrected chi connectivity index (χ3v) is 6.29. The lowest BCUT2D eigenvalue weighted by Crippen LogP contribution is -2.39. The quantitative estimate of drug-likeness (QED) is 0.156. The highest BCUT2D eigenvalue weighted by atomic mass is 16.5. The van der Waals surface area contributed by atoms with Crippen LogP contribution in [0.4, 0.5) is 0 Å². The van der Waals surface area contributed by atoms with Gasteiger partial charge in [-0.2, -0.15) is 0 Å². The van der Waals surface area contributed by atoms with E-state index in [0.29, 0.717) is 12.4 Å². The van der Waals surface area contributed by atoms with Gasteiger partial charge in [0, 0.05) is 5.56 Å². The number of nitrogens with zero attached hydrogens (tertiary/aromatic N) is 1. The van der Waals surface area contributed by atoms with Gasteiger partial charge in [-0.3, -0.25) is 14.4 Å². The van der Waals surface area contributed by atoms with Gasteiger partial charge in [0.25, 0.3) is 5.91 Å². The average molecular weight is 506 g/mol. The van der Waals surface area contributed by atoms with Crippen molar-refractivity contribution in [2.24, 2.45) is 0 Å². The zero-order valence-electron chi connectivity index (χ0n) is 22.2. The van der Waals surface area contributed by atoms with Crippen molar-refractivity contribution in [3.05, 3.63) is 29.8 Å². The van der Waals surface area contributed by atoms with Gasteiger partial charge in [-0.25, -0.2) is 0 Å². The number of benzene rings is 1. The van der Waals surface area contributed by atoms with Crippen molar-refractivity contribution >= 4 is 17.8 Å². The van der Waals surface area contributed by atoms with Gasteiger partial charge in [0.1, 0.15) is 18.8 Å². The molecule has 0 bridgehead atoms. The molecule has 0 fully saturated rings. The normalized spacial score (nSPS) is 10.8. The van der Waals surface area contributed by atoms with E-state index in [9.17, 15) is 14.4 Å². The number of aliphatic carboxylic acids is 2. The molecule has 0 unspecified atom stereocenters. The summed E-state index contributed by atoms with van der Waals surface area (Å²) in [5, 5.41) is 17.9. The highest BCUT2D eigenvalue weighted by Crippen LogP contribution is 2.17. The standard InChI is InChI=1S/C29H47NO6/c1-2-3-4-5-6-7-8-9-10-11-12-13-14-15-16-17-21-36-26-20-18-19-25(22-26)29(35)30(23-27(31)32)24-28(33)34/h18-20,22H,2-17,21,23-24H2,1H3,(H,31,32)(H,33,34). The van der Waals surface area contributed by atoms with Gasteiger partial charge in [-0.1, -0.05) is 109 Å². The topological polar surface area (TPSA) is 104 Å². The lowest BCUT2D eigenvalue weighted by atomic mass is 10.0. The van der Waals surface area contributed by atoms with Crippen LogP contribution in [-0.2, 0) is 9.59 Å². The highest BCUT2D eigenvalue weighted by Gasteiger charge is 2.21. The fourth-order valence-electron chi connectivity index (χ4n) is 4.27. The number of carbonyl (C=O) groups excluding carboxylic acids is 1. The van der Waals surface area contributed by atoms with E-state index in [1.165, 1.54) is 102 Å². The molecule has 0 aliphatic rings. The van der Waals surface area contributed by atoms with Gasteiger partial charge in [0.05, 0.1) is 6.61 Å². The largest absolute Gasteiger partial charge is 0.494 e. The Morgan fingerprint density at radius 1 is 0.694 bits per heavy atom. The molecule has 1 aromatic rings. The second-order valence-corrected chi connectivity index (χ2v) is 9.63. The predicted octanol–water partition coefficient (Wildman–Crippen LogP) is 6.94. The van der Waals surface area contributed by atoms with E-state index in [4.69, 9.17) is 14.9 Å². The summed E-state index contributed by atoms with van der Waals surface area (Å²) in [6, 6.07) is 6.45. The first-order valence-corrected chi connectivity index (χ1v) is 13.9. The molecule has 1 amide bonds. The number of ether oxygens (including phenoxy) is 1. The van der Waals surface area contributed by atoms with E-state index < -0.39 is 30.9 Å². The molecule has 0 heterocycles. The van der Waals surface area contributed by atoms with Crippen molar-refractivity contribution in [1.82, 2.24) is 4.90 Å². The number of amides is 1. The number of unbranched alkanes of at least 4 members (excludes halogenated alkanes) is 15. The molecule has 0 atom stereocenters. The van der Waals surface area contributed by atoms with Crippen molar-refractivity contribution in [3.63, 3.8) is 0 Å². The molecular formula is C29H47NO6. The van der Waals surface area contributed by atoms with Crippen LogP contribution >= 0.6 is 0 Å². The van der Waals surface area contributed by atoms with E-state index in [0.717, 1.165) is 17.7 Å². The molecule has 0 aliphatic carbocycles. The number of hydrogen-bond acceptors (Lipinski definition) is 4. The Bertz CT molecular complexity index is 735. The van der Waals surface area contributed by atoms with E-state index >= 15 is 0 Å². The van der Waals surface area contributed by atoms with Crippen LogP contribution in [0.1, 0.15) is 120 Å². The SMILES string of the molecule is CCCCCCCCCCCCCCCCCCOc1cccc(C(=O)N(CC(=O)O)CC(=O)O)c1. The van der Waals surface area contributed by atoms with Crippen molar-refractivity contribution in [2.45, 2.75) is 110 Å². The van der Waals surface area contributed by atoms with Crippen LogP contribution in [0.25, 0.3) is 0 Å². The first-order valence-electron chi connectivity index (χ1n) is 13.9. The minimum absolute atomic E-state index is 0.210. The summed E-state index contributed by atoms with van der Waals surface area (Å²) in [6.45, 7) is 1.47. The summed E-state index contributed by atoms with van der Waals surface area (Å²) < 4.78 is 5.75. The average Bonchev–Trinajstić information content (AvgIpc) is 2.84. The zero-order chi connectivity index (χ0) is 26.4. The molecule has 1 rings (SSSR count). The first-order chi connectivity index (χ1) is 17.4. The highest BCUT2D eigenvalue weighted by molar-refractivity contribution is 5.97. The molecule has 0 saturated heterocycles. The Morgan fingerprint density at radius 2 is 1.14 bits per heavy atom. The second-order valence-electron chi connectivity index (χ2n) is 9.63. The molecule has 0 spiro atoms. The Labute approximate surface area is 217 Å². The molecule has 7 heteroatoms. The van der Waals surface area contributed by atoms with Gasteiger partial charge in [0.15, 0.2) is 0 Å². The predicted molar refractivity (Wildman–Crippen MR) is 143 cm³/mol. The maximum atomic E-state index is 12.5. The molecule has 2 N–H and O–H groups in total.